The Labute approximate surface area is 116 Å². The maximum absolute atomic E-state index is 6.14. The zero-order valence-corrected chi connectivity index (χ0v) is 12.3. The average Bonchev–Trinajstić information content (AvgIpc) is 2.32. The Kier molecular flexibility index (Phi) is 4.69. The number of halogens is 1. The van der Waals surface area contributed by atoms with E-state index in [1.54, 1.807) is 0 Å². The topological polar surface area (TPSA) is 12.0 Å². The van der Waals surface area contributed by atoms with Gasteiger partial charge in [-0.05, 0) is 49.4 Å². The van der Waals surface area contributed by atoms with Crippen LogP contribution < -0.4 is 5.32 Å². The van der Waals surface area contributed by atoms with E-state index >= 15 is 0 Å². The second-order valence-corrected chi connectivity index (χ2v) is 6.09. The Bertz CT molecular complexity index is 382. The fourth-order valence-corrected chi connectivity index (χ4v) is 3.33. The predicted molar refractivity (Wildman–Crippen MR) is 79.3 cm³/mol. The fraction of sp³-hybridized carbons (Fsp3) is 0.625. The van der Waals surface area contributed by atoms with Crippen molar-refractivity contribution in [1.82, 2.24) is 5.32 Å². The van der Waals surface area contributed by atoms with Gasteiger partial charge in [-0.1, -0.05) is 44.0 Å². The second-order valence-electron chi connectivity index (χ2n) is 5.65. The predicted octanol–water partition coefficient (Wildman–Crippen LogP) is 4.40. The number of rotatable bonds is 6. The molecule has 100 valence electrons. The Morgan fingerprint density at radius 1 is 1.33 bits per heavy atom. The maximum atomic E-state index is 6.14. The lowest BCUT2D eigenvalue weighted by atomic mass is 9.58. The molecule has 1 fully saturated rings. The minimum Gasteiger partial charge on any atom is -0.316 e. The highest BCUT2D eigenvalue weighted by atomic mass is 35.5. The number of nitrogens with one attached hydrogen (secondary N) is 1. The molecule has 0 bridgehead atoms. The van der Waals surface area contributed by atoms with Crippen LogP contribution in [0.3, 0.4) is 0 Å². The van der Waals surface area contributed by atoms with Gasteiger partial charge in [0.1, 0.15) is 0 Å². The van der Waals surface area contributed by atoms with Crippen molar-refractivity contribution in [2.24, 2.45) is 5.92 Å². The lowest BCUT2D eigenvalue weighted by Crippen LogP contribution is -2.48. The van der Waals surface area contributed by atoms with Gasteiger partial charge in [-0.15, -0.1) is 0 Å². The lowest BCUT2D eigenvalue weighted by molar-refractivity contribution is 0.134. The van der Waals surface area contributed by atoms with Crippen LogP contribution in [-0.4, -0.2) is 13.1 Å². The van der Waals surface area contributed by atoms with E-state index in [4.69, 9.17) is 11.6 Å². The van der Waals surface area contributed by atoms with Crippen LogP contribution in [0, 0.1) is 5.92 Å². The molecular weight excluding hydrogens is 242 g/mol. The van der Waals surface area contributed by atoms with Crippen LogP contribution in [0.25, 0.3) is 0 Å². The molecule has 0 atom stereocenters. The van der Waals surface area contributed by atoms with Gasteiger partial charge in [0.15, 0.2) is 0 Å². The van der Waals surface area contributed by atoms with Crippen molar-refractivity contribution in [3.63, 3.8) is 0 Å². The maximum Gasteiger partial charge on any atom is 0.0408 e. The second kappa shape index (κ2) is 6.08. The fourth-order valence-electron chi connectivity index (χ4n) is 3.14. The van der Waals surface area contributed by atoms with Gasteiger partial charge in [0.25, 0.3) is 0 Å². The Balaban J connectivity index is 2.10. The molecule has 0 saturated heterocycles. The quantitative estimate of drug-likeness (QED) is 0.752. The zero-order chi connectivity index (χ0) is 13.0. The van der Waals surface area contributed by atoms with Gasteiger partial charge >= 0.3 is 0 Å². The summed E-state index contributed by atoms with van der Waals surface area (Å²) in [7, 11) is 0. The van der Waals surface area contributed by atoms with Crippen LogP contribution in [-0.2, 0) is 5.41 Å². The number of hydrogen-bond donors (Lipinski definition) is 1. The first-order chi connectivity index (χ1) is 8.70. The summed E-state index contributed by atoms with van der Waals surface area (Å²) < 4.78 is 0. The summed E-state index contributed by atoms with van der Waals surface area (Å²) in [5.41, 5.74) is 1.75. The largest absolute Gasteiger partial charge is 0.316 e. The first-order valence-corrected chi connectivity index (χ1v) is 7.55. The van der Waals surface area contributed by atoms with Gasteiger partial charge in [0.05, 0.1) is 0 Å². The smallest absolute Gasteiger partial charge is 0.0408 e. The first kappa shape index (κ1) is 13.9. The van der Waals surface area contributed by atoms with E-state index in [0.29, 0.717) is 5.41 Å². The molecule has 2 heteroatoms. The summed E-state index contributed by atoms with van der Waals surface area (Å²) >= 11 is 6.14. The molecule has 2 rings (SSSR count). The Morgan fingerprint density at radius 2 is 2.11 bits per heavy atom. The minimum atomic E-state index is 0.334. The van der Waals surface area contributed by atoms with E-state index in [-0.39, 0.29) is 0 Å². The van der Waals surface area contributed by atoms with Crippen LogP contribution in [0.2, 0.25) is 5.02 Å². The van der Waals surface area contributed by atoms with Crippen molar-refractivity contribution >= 4 is 11.6 Å². The zero-order valence-electron chi connectivity index (χ0n) is 11.5. The lowest BCUT2D eigenvalue weighted by Gasteiger charge is -2.48. The van der Waals surface area contributed by atoms with Gasteiger partial charge in [0, 0.05) is 17.0 Å². The van der Waals surface area contributed by atoms with Gasteiger partial charge < -0.3 is 5.32 Å². The monoisotopic (exact) mass is 265 g/mol. The molecule has 0 radical (unpaired) electrons. The van der Waals surface area contributed by atoms with Crippen LogP contribution in [0.15, 0.2) is 24.3 Å². The molecule has 1 saturated carbocycles. The highest BCUT2D eigenvalue weighted by molar-refractivity contribution is 6.30. The van der Waals surface area contributed by atoms with Crippen molar-refractivity contribution in [1.29, 1.82) is 0 Å². The van der Waals surface area contributed by atoms with E-state index in [9.17, 15) is 0 Å². The number of hydrogen-bond acceptors (Lipinski definition) is 1. The summed E-state index contributed by atoms with van der Waals surface area (Å²) in [6.45, 7) is 6.72. The van der Waals surface area contributed by atoms with Crippen LogP contribution in [0.4, 0.5) is 0 Å². The molecule has 0 aliphatic heterocycles. The third kappa shape index (κ3) is 2.89. The van der Waals surface area contributed by atoms with Gasteiger partial charge in [-0.25, -0.2) is 0 Å². The van der Waals surface area contributed by atoms with Crippen LogP contribution >= 0.6 is 11.6 Å². The molecule has 0 unspecified atom stereocenters. The van der Waals surface area contributed by atoms with E-state index in [2.05, 4.69) is 37.4 Å². The van der Waals surface area contributed by atoms with Crippen LogP contribution in [0.5, 0.6) is 0 Å². The van der Waals surface area contributed by atoms with Crippen molar-refractivity contribution < 1.29 is 0 Å². The molecule has 0 spiro atoms. The molecule has 1 aliphatic carbocycles. The first-order valence-electron chi connectivity index (χ1n) is 7.17. The van der Waals surface area contributed by atoms with Crippen LogP contribution in [0.1, 0.15) is 45.1 Å². The van der Waals surface area contributed by atoms with Crippen molar-refractivity contribution in [2.75, 3.05) is 13.1 Å². The summed E-state index contributed by atoms with van der Waals surface area (Å²) in [5.74, 6) is 0.896. The molecule has 0 aromatic heterocycles. The highest BCUT2D eigenvalue weighted by Gasteiger charge is 2.44. The highest BCUT2D eigenvalue weighted by Crippen LogP contribution is 2.49. The summed E-state index contributed by atoms with van der Waals surface area (Å²) in [6.07, 6.45) is 5.11. The van der Waals surface area contributed by atoms with E-state index < -0.39 is 0 Å². The van der Waals surface area contributed by atoms with Crippen molar-refractivity contribution in [3.05, 3.63) is 34.9 Å². The Hall–Kier alpha value is -0.530. The third-order valence-electron chi connectivity index (χ3n) is 4.26. The number of benzene rings is 1. The van der Waals surface area contributed by atoms with E-state index in [1.807, 2.05) is 6.07 Å². The molecule has 0 heterocycles. The van der Waals surface area contributed by atoms with Gasteiger partial charge in [-0.2, -0.15) is 0 Å². The molecule has 0 amide bonds. The normalized spacial score (nSPS) is 26.9. The van der Waals surface area contributed by atoms with E-state index in [0.717, 1.165) is 24.0 Å². The van der Waals surface area contributed by atoms with Gasteiger partial charge in [-0.3, -0.25) is 0 Å². The van der Waals surface area contributed by atoms with Crippen molar-refractivity contribution in [3.8, 4) is 0 Å². The Morgan fingerprint density at radius 3 is 2.72 bits per heavy atom. The molecule has 1 nitrogen and oxygen atoms in total. The average molecular weight is 266 g/mol. The molecule has 1 aliphatic rings. The molecule has 1 aromatic carbocycles. The summed E-state index contributed by atoms with van der Waals surface area (Å²) in [4.78, 5) is 0. The van der Waals surface area contributed by atoms with E-state index in [1.165, 1.54) is 31.2 Å². The van der Waals surface area contributed by atoms with Gasteiger partial charge in [0.2, 0.25) is 0 Å². The SMILES string of the molecule is CCCNCC1(c2cccc(Cl)c2)CC(CC)C1. The molecule has 18 heavy (non-hydrogen) atoms. The molecule has 1 aromatic rings. The third-order valence-corrected chi connectivity index (χ3v) is 4.50. The minimum absolute atomic E-state index is 0.334. The summed E-state index contributed by atoms with van der Waals surface area (Å²) in [6, 6.07) is 8.44. The molecular formula is C16H24ClN. The standard InChI is InChI=1S/C16H24ClN/c1-3-8-18-12-16(10-13(4-2)11-16)14-6-5-7-15(17)9-14/h5-7,9,13,18H,3-4,8,10-12H2,1-2H3. The molecule has 1 N–H and O–H groups in total. The summed E-state index contributed by atoms with van der Waals surface area (Å²) in [5, 5.41) is 4.46. The van der Waals surface area contributed by atoms with Crippen molar-refractivity contribution in [2.45, 2.75) is 44.9 Å².